The Morgan fingerprint density at radius 2 is 2.16 bits per heavy atom. The summed E-state index contributed by atoms with van der Waals surface area (Å²) in [4.78, 5) is 13.5. The molecule has 1 aromatic rings. The summed E-state index contributed by atoms with van der Waals surface area (Å²) < 4.78 is 1.86. The Labute approximate surface area is 114 Å². The van der Waals surface area contributed by atoms with E-state index in [0.29, 0.717) is 6.04 Å². The van der Waals surface area contributed by atoms with Crippen LogP contribution in [0.5, 0.6) is 0 Å². The molecule has 0 spiro atoms. The molecule has 0 amide bonds. The van der Waals surface area contributed by atoms with Gasteiger partial charge in [0, 0.05) is 31.4 Å². The van der Waals surface area contributed by atoms with Crippen LogP contribution < -0.4 is 0 Å². The van der Waals surface area contributed by atoms with E-state index >= 15 is 0 Å². The summed E-state index contributed by atoms with van der Waals surface area (Å²) in [5, 5.41) is 13.8. The lowest BCUT2D eigenvalue weighted by molar-refractivity contribution is -0.146. The smallest absolute Gasteiger partial charge is 0.308 e. The summed E-state index contributed by atoms with van der Waals surface area (Å²) in [5.74, 6) is -0.942. The van der Waals surface area contributed by atoms with Crippen LogP contribution in [0.3, 0.4) is 0 Å². The second-order valence-electron chi connectivity index (χ2n) is 5.68. The van der Waals surface area contributed by atoms with E-state index in [1.807, 2.05) is 25.6 Å². The lowest BCUT2D eigenvalue weighted by atomic mass is 9.86. The molecule has 106 valence electrons. The zero-order chi connectivity index (χ0) is 14.2. The molecule has 1 aromatic heterocycles. The summed E-state index contributed by atoms with van der Waals surface area (Å²) in [6.45, 7) is 6.95. The van der Waals surface area contributed by atoms with Gasteiger partial charge in [-0.15, -0.1) is 0 Å². The molecule has 19 heavy (non-hydrogen) atoms. The first kappa shape index (κ1) is 14.1. The number of carbonyl (C=O) groups is 1. The van der Waals surface area contributed by atoms with Crippen molar-refractivity contribution in [2.24, 2.45) is 13.0 Å². The summed E-state index contributed by atoms with van der Waals surface area (Å²) in [5.41, 5.74) is 2.15. The van der Waals surface area contributed by atoms with Crippen molar-refractivity contribution in [2.75, 3.05) is 0 Å². The fourth-order valence-corrected chi connectivity index (χ4v) is 2.99. The van der Waals surface area contributed by atoms with E-state index in [1.165, 1.54) is 0 Å². The number of hydrogen-bond donors (Lipinski definition) is 1. The fraction of sp³-hybridized carbons (Fsp3) is 0.714. The third kappa shape index (κ3) is 2.81. The molecule has 5 nitrogen and oxygen atoms in total. The van der Waals surface area contributed by atoms with Crippen molar-refractivity contribution < 1.29 is 9.90 Å². The number of carboxylic acid groups (broad SMARTS) is 1. The van der Waals surface area contributed by atoms with Gasteiger partial charge in [-0.25, -0.2) is 0 Å². The van der Waals surface area contributed by atoms with Crippen LogP contribution in [0, 0.1) is 12.8 Å². The number of aromatic nitrogens is 2. The molecule has 1 aliphatic rings. The SMILES string of the molecule is Cc1cc(CN2C(C)CCC(C(=O)O)C2C)nn1C. The van der Waals surface area contributed by atoms with Crippen LogP contribution in [-0.2, 0) is 18.4 Å². The standard InChI is InChI=1S/C14H23N3O2/c1-9-5-6-13(14(18)19)11(3)17(9)8-12-7-10(2)16(4)15-12/h7,9,11,13H,5-6,8H2,1-4H3,(H,18,19). The zero-order valence-electron chi connectivity index (χ0n) is 12.1. The Morgan fingerprint density at radius 3 is 2.68 bits per heavy atom. The topological polar surface area (TPSA) is 58.4 Å². The summed E-state index contributed by atoms with van der Waals surface area (Å²) in [6.07, 6.45) is 1.71. The van der Waals surface area contributed by atoms with Gasteiger partial charge in [0.15, 0.2) is 0 Å². The quantitative estimate of drug-likeness (QED) is 0.905. The molecule has 1 saturated heterocycles. The largest absolute Gasteiger partial charge is 0.481 e. The maximum Gasteiger partial charge on any atom is 0.308 e. The minimum atomic E-state index is -0.679. The van der Waals surface area contributed by atoms with Crippen LogP contribution in [0.1, 0.15) is 38.1 Å². The van der Waals surface area contributed by atoms with E-state index in [2.05, 4.69) is 23.0 Å². The fourth-order valence-electron chi connectivity index (χ4n) is 2.99. The lowest BCUT2D eigenvalue weighted by Crippen LogP contribution is -2.50. The van der Waals surface area contributed by atoms with Gasteiger partial charge in [-0.3, -0.25) is 14.4 Å². The predicted molar refractivity (Wildman–Crippen MR) is 72.8 cm³/mol. The average Bonchev–Trinajstić information content (AvgIpc) is 2.63. The van der Waals surface area contributed by atoms with Gasteiger partial charge >= 0.3 is 5.97 Å². The normalized spacial score (nSPS) is 28.5. The summed E-state index contributed by atoms with van der Waals surface area (Å²) in [7, 11) is 1.93. The monoisotopic (exact) mass is 265 g/mol. The maximum absolute atomic E-state index is 11.3. The molecule has 0 saturated carbocycles. The third-order valence-corrected chi connectivity index (χ3v) is 4.39. The Morgan fingerprint density at radius 1 is 1.47 bits per heavy atom. The van der Waals surface area contributed by atoms with Crippen LogP contribution >= 0.6 is 0 Å². The minimum absolute atomic E-state index is 0.0589. The van der Waals surface area contributed by atoms with Gasteiger partial charge in [0.05, 0.1) is 11.6 Å². The number of piperidine rings is 1. The first-order valence-electron chi connectivity index (χ1n) is 6.88. The van der Waals surface area contributed by atoms with E-state index in [-0.39, 0.29) is 12.0 Å². The number of hydrogen-bond acceptors (Lipinski definition) is 3. The average molecular weight is 265 g/mol. The van der Waals surface area contributed by atoms with Crippen LogP contribution in [0.4, 0.5) is 0 Å². The molecule has 3 atom stereocenters. The summed E-state index contributed by atoms with van der Waals surface area (Å²) >= 11 is 0. The molecular formula is C14H23N3O2. The highest BCUT2D eigenvalue weighted by atomic mass is 16.4. The molecule has 2 heterocycles. The minimum Gasteiger partial charge on any atom is -0.481 e. The lowest BCUT2D eigenvalue weighted by Gasteiger charge is -2.41. The van der Waals surface area contributed by atoms with Crippen molar-refractivity contribution in [3.05, 3.63) is 17.5 Å². The predicted octanol–water partition coefficient (Wildman–Crippen LogP) is 1.80. The van der Waals surface area contributed by atoms with E-state index in [9.17, 15) is 9.90 Å². The van der Waals surface area contributed by atoms with Gasteiger partial charge in [0.25, 0.3) is 0 Å². The zero-order valence-corrected chi connectivity index (χ0v) is 12.1. The van der Waals surface area contributed by atoms with E-state index in [4.69, 9.17) is 0 Å². The molecule has 0 radical (unpaired) electrons. The first-order chi connectivity index (χ1) is 8.90. The molecule has 1 fully saturated rings. The Balaban J connectivity index is 2.14. The van der Waals surface area contributed by atoms with Gasteiger partial charge < -0.3 is 5.11 Å². The molecular weight excluding hydrogens is 242 g/mol. The molecule has 5 heteroatoms. The second-order valence-corrected chi connectivity index (χ2v) is 5.68. The highest BCUT2D eigenvalue weighted by molar-refractivity contribution is 5.71. The van der Waals surface area contributed by atoms with Crippen molar-refractivity contribution in [2.45, 2.75) is 52.2 Å². The number of rotatable bonds is 3. The molecule has 0 bridgehead atoms. The van der Waals surface area contributed by atoms with Gasteiger partial charge in [-0.1, -0.05) is 0 Å². The van der Waals surface area contributed by atoms with Crippen LogP contribution in [0.25, 0.3) is 0 Å². The number of aryl methyl sites for hydroxylation is 2. The highest BCUT2D eigenvalue weighted by Crippen LogP contribution is 2.29. The Hall–Kier alpha value is -1.36. The number of nitrogens with zero attached hydrogens (tertiary/aromatic N) is 3. The van der Waals surface area contributed by atoms with Crippen molar-refractivity contribution >= 4 is 5.97 Å². The van der Waals surface area contributed by atoms with Gasteiger partial charge in [0.1, 0.15) is 0 Å². The molecule has 3 unspecified atom stereocenters. The third-order valence-electron chi connectivity index (χ3n) is 4.39. The molecule has 1 aliphatic heterocycles. The van der Waals surface area contributed by atoms with Gasteiger partial charge in [0.2, 0.25) is 0 Å². The highest BCUT2D eigenvalue weighted by Gasteiger charge is 2.36. The van der Waals surface area contributed by atoms with Crippen LogP contribution in [0.2, 0.25) is 0 Å². The first-order valence-corrected chi connectivity index (χ1v) is 6.88. The van der Waals surface area contributed by atoms with E-state index in [1.54, 1.807) is 0 Å². The molecule has 2 rings (SSSR count). The van der Waals surface area contributed by atoms with E-state index in [0.717, 1.165) is 30.8 Å². The maximum atomic E-state index is 11.3. The summed E-state index contributed by atoms with van der Waals surface area (Å²) in [6, 6.07) is 2.54. The Bertz CT molecular complexity index is 450. The number of aliphatic carboxylic acids is 1. The van der Waals surface area contributed by atoms with Crippen molar-refractivity contribution in [3.63, 3.8) is 0 Å². The number of likely N-dealkylation sites (tertiary alicyclic amines) is 1. The van der Waals surface area contributed by atoms with Crippen molar-refractivity contribution in [3.8, 4) is 0 Å². The van der Waals surface area contributed by atoms with Crippen LogP contribution in [-0.4, -0.2) is 37.8 Å². The number of carboxylic acids is 1. The molecule has 0 aliphatic carbocycles. The van der Waals surface area contributed by atoms with Gasteiger partial charge in [-0.2, -0.15) is 5.10 Å². The van der Waals surface area contributed by atoms with E-state index < -0.39 is 5.97 Å². The molecule has 0 aromatic carbocycles. The second kappa shape index (κ2) is 5.33. The van der Waals surface area contributed by atoms with Crippen molar-refractivity contribution in [1.82, 2.24) is 14.7 Å². The molecule has 1 N–H and O–H groups in total. The van der Waals surface area contributed by atoms with Crippen LogP contribution in [0.15, 0.2) is 6.07 Å². The Kier molecular flexibility index (Phi) is 3.94. The van der Waals surface area contributed by atoms with Crippen molar-refractivity contribution in [1.29, 1.82) is 0 Å². The van der Waals surface area contributed by atoms with Gasteiger partial charge in [-0.05, 0) is 39.7 Å².